The largest absolute Gasteiger partial charge is 0.464 e. The van der Waals surface area contributed by atoms with Gasteiger partial charge in [0.25, 0.3) is 0 Å². The quantitative estimate of drug-likeness (QED) is 0.172. The SMILES string of the molecule is COC(=O)c1nc([C@H](CO)NC(=S)c2coc(-c3coc(-c4coc(CN)n4)n3)n2)oc1-c1ccccc1.Cl. The van der Waals surface area contributed by atoms with Crippen LogP contribution >= 0.6 is 24.6 Å². The van der Waals surface area contributed by atoms with Crippen LogP contribution in [0.4, 0.5) is 0 Å². The predicted octanol–water partition coefficient (Wildman–Crippen LogP) is 3.31. The third kappa shape index (κ3) is 5.73. The van der Waals surface area contributed by atoms with E-state index in [-0.39, 0.29) is 58.8 Å². The lowest BCUT2D eigenvalue weighted by Gasteiger charge is -2.13. The second-order valence-corrected chi connectivity index (χ2v) is 8.11. The zero-order valence-electron chi connectivity index (χ0n) is 20.2. The fourth-order valence-corrected chi connectivity index (χ4v) is 3.65. The molecule has 202 valence electrons. The summed E-state index contributed by atoms with van der Waals surface area (Å²) in [5.74, 6) is 0.226. The molecule has 39 heavy (non-hydrogen) atoms. The first kappa shape index (κ1) is 27.7. The van der Waals surface area contributed by atoms with Crippen LogP contribution in [0, 0.1) is 0 Å². The van der Waals surface area contributed by atoms with Crippen LogP contribution in [0.25, 0.3) is 34.5 Å². The van der Waals surface area contributed by atoms with Gasteiger partial charge >= 0.3 is 5.97 Å². The third-order valence-corrected chi connectivity index (χ3v) is 5.58. The number of nitrogens with one attached hydrogen (secondary N) is 1. The van der Waals surface area contributed by atoms with Crippen molar-refractivity contribution < 1.29 is 32.3 Å². The van der Waals surface area contributed by atoms with Crippen LogP contribution in [0.5, 0.6) is 0 Å². The van der Waals surface area contributed by atoms with E-state index >= 15 is 0 Å². The van der Waals surface area contributed by atoms with E-state index in [4.69, 9.17) is 40.4 Å². The first-order valence-electron chi connectivity index (χ1n) is 11.1. The molecule has 0 bridgehead atoms. The predicted molar refractivity (Wildman–Crippen MR) is 141 cm³/mol. The van der Waals surface area contributed by atoms with Gasteiger partial charge in [-0.25, -0.2) is 24.7 Å². The topological polar surface area (TPSA) is 189 Å². The van der Waals surface area contributed by atoms with Crippen molar-refractivity contribution in [2.24, 2.45) is 5.73 Å². The molecule has 0 saturated heterocycles. The zero-order valence-corrected chi connectivity index (χ0v) is 21.8. The van der Waals surface area contributed by atoms with E-state index in [2.05, 4.69) is 25.3 Å². The lowest BCUT2D eigenvalue weighted by molar-refractivity contribution is 0.0595. The number of thiocarbonyl (C=S) groups is 1. The van der Waals surface area contributed by atoms with Gasteiger partial charge < -0.3 is 38.6 Å². The number of benzene rings is 1. The first-order valence-corrected chi connectivity index (χ1v) is 11.5. The summed E-state index contributed by atoms with van der Waals surface area (Å²) in [4.78, 5) is 29.5. The van der Waals surface area contributed by atoms with E-state index in [1.54, 1.807) is 24.3 Å². The number of aliphatic hydroxyl groups is 1. The molecule has 0 fully saturated rings. The highest BCUT2D eigenvalue weighted by Gasteiger charge is 2.27. The van der Waals surface area contributed by atoms with Gasteiger partial charge in [0.15, 0.2) is 22.8 Å². The number of hydrogen-bond acceptors (Lipinski definition) is 13. The Hall–Kier alpha value is -4.37. The van der Waals surface area contributed by atoms with Crippen molar-refractivity contribution in [1.29, 1.82) is 0 Å². The summed E-state index contributed by atoms with van der Waals surface area (Å²) in [5.41, 5.74) is 7.02. The number of carbonyl (C=O) groups excluding carboxylic acids is 1. The lowest BCUT2D eigenvalue weighted by atomic mass is 10.1. The Morgan fingerprint density at radius 3 is 2.44 bits per heavy atom. The Bertz CT molecular complexity index is 1580. The average molecular weight is 573 g/mol. The Kier molecular flexibility index (Phi) is 8.51. The normalized spacial score (nSPS) is 11.6. The van der Waals surface area contributed by atoms with Gasteiger partial charge in [-0.1, -0.05) is 42.5 Å². The second kappa shape index (κ2) is 12.0. The highest BCUT2D eigenvalue weighted by molar-refractivity contribution is 7.80. The van der Waals surface area contributed by atoms with Crippen molar-refractivity contribution in [3.05, 3.63) is 72.3 Å². The van der Waals surface area contributed by atoms with Crippen LogP contribution in [-0.2, 0) is 11.3 Å². The maximum absolute atomic E-state index is 12.3. The summed E-state index contributed by atoms with van der Waals surface area (Å²) >= 11 is 5.45. The van der Waals surface area contributed by atoms with E-state index in [0.717, 1.165) is 0 Å². The molecule has 4 aromatic heterocycles. The van der Waals surface area contributed by atoms with Crippen molar-refractivity contribution in [2.75, 3.05) is 13.7 Å². The van der Waals surface area contributed by atoms with E-state index in [1.807, 2.05) is 6.07 Å². The number of esters is 1. The minimum absolute atomic E-state index is 0. The van der Waals surface area contributed by atoms with Crippen LogP contribution in [0.1, 0.15) is 34.0 Å². The number of rotatable bonds is 9. The van der Waals surface area contributed by atoms with E-state index < -0.39 is 18.6 Å². The number of carbonyl (C=O) groups is 1. The van der Waals surface area contributed by atoms with E-state index in [9.17, 15) is 9.90 Å². The summed E-state index contributed by atoms with van der Waals surface area (Å²) in [6, 6.07) is 8.03. The van der Waals surface area contributed by atoms with Crippen molar-refractivity contribution >= 4 is 35.6 Å². The average Bonchev–Trinajstić information content (AvgIpc) is 3.76. The molecule has 0 aliphatic rings. The molecule has 0 radical (unpaired) electrons. The Balaban J connectivity index is 0.00000353. The fourth-order valence-electron chi connectivity index (χ4n) is 3.41. The molecule has 1 aromatic carbocycles. The molecule has 0 aliphatic heterocycles. The standard InChI is InChI=1S/C24H20N6O7S.ClH/c1-33-24(32)18-19(12-5-3-2-4-6-12)37-22(30-18)13(8-31)29-23(38)16-11-36-21(28-16)15-10-35-20(27-15)14-9-34-17(7-25)26-14;/h2-6,9-11,13,31H,7-8,25H2,1H3,(H,29,38);1H/t13-;/m0./s1. The number of hydrogen-bond donors (Lipinski definition) is 3. The highest BCUT2D eigenvalue weighted by atomic mass is 35.5. The molecule has 5 aromatic rings. The first-order chi connectivity index (χ1) is 18.5. The second-order valence-electron chi connectivity index (χ2n) is 7.70. The summed E-state index contributed by atoms with van der Waals surface area (Å²) in [7, 11) is 1.24. The van der Waals surface area contributed by atoms with Crippen LogP contribution in [-0.4, -0.2) is 49.7 Å². The monoisotopic (exact) mass is 572 g/mol. The minimum atomic E-state index is -0.897. The van der Waals surface area contributed by atoms with Gasteiger partial charge in [0.05, 0.1) is 20.3 Å². The van der Waals surface area contributed by atoms with Gasteiger partial charge in [-0.2, -0.15) is 0 Å². The van der Waals surface area contributed by atoms with Crippen molar-refractivity contribution in [3.63, 3.8) is 0 Å². The molecule has 1 atom stereocenters. The Morgan fingerprint density at radius 2 is 1.74 bits per heavy atom. The molecule has 0 aliphatic carbocycles. The number of halogens is 1. The molecule has 0 spiro atoms. The summed E-state index contributed by atoms with van der Waals surface area (Å²) in [6.45, 7) is -0.309. The van der Waals surface area contributed by atoms with E-state index in [0.29, 0.717) is 22.8 Å². The maximum atomic E-state index is 12.3. The van der Waals surface area contributed by atoms with Gasteiger partial charge in [-0.3, -0.25) is 0 Å². The number of ether oxygens (including phenoxy) is 1. The van der Waals surface area contributed by atoms with Gasteiger partial charge in [-0.15, -0.1) is 12.4 Å². The van der Waals surface area contributed by atoms with Gasteiger partial charge in [0.1, 0.15) is 35.5 Å². The van der Waals surface area contributed by atoms with Gasteiger partial charge in [0.2, 0.25) is 23.6 Å². The zero-order chi connectivity index (χ0) is 26.6. The van der Waals surface area contributed by atoms with Crippen LogP contribution < -0.4 is 11.1 Å². The molecule has 0 saturated carbocycles. The molecule has 13 nitrogen and oxygen atoms in total. The van der Waals surface area contributed by atoms with Gasteiger partial charge in [-0.05, 0) is 0 Å². The van der Waals surface area contributed by atoms with E-state index in [1.165, 1.54) is 25.9 Å². The van der Waals surface area contributed by atoms with Crippen LogP contribution in [0.3, 0.4) is 0 Å². The molecule has 0 unspecified atom stereocenters. The van der Waals surface area contributed by atoms with Crippen molar-refractivity contribution in [3.8, 4) is 34.5 Å². The molecule has 5 rings (SSSR count). The number of aliphatic hydroxyl groups excluding tert-OH is 1. The van der Waals surface area contributed by atoms with Gasteiger partial charge in [0, 0.05) is 5.56 Å². The Labute approximate surface area is 231 Å². The van der Waals surface area contributed by atoms with Crippen LogP contribution in [0.2, 0.25) is 0 Å². The number of nitrogens with zero attached hydrogens (tertiary/aromatic N) is 4. The molecule has 15 heteroatoms. The summed E-state index contributed by atoms with van der Waals surface area (Å²) in [5, 5.41) is 13.0. The molecular formula is C24H21ClN6O7S. The lowest BCUT2D eigenvalue weighted by Crippen LogP contribution is -2.30. The molecular weight excluding hydrogens is 552 g/mol. The minimum Gasteiger partial charge on any atom is -0.464 e. The highest BCUT2D eigenvalue weighted by Crippen LogP contribution is 2.29. The summed E-state index contributed by atoms with van der Waals surface area (Å²) in [6.07, 6.45) is 4.05. The fraction of sp³-hybridized carbons (Fsp3) is 0.167. The number of aromatic nitrogens is 4. The smallest absolute Gasteiger partial charge is 0.360 e. The number of oxazole rings is 4. The molecule has 4 N–H and O–H groups in total. The molecule has 0 amide bonds. The summed E-state index contributed by atoms with van der Waals surface area (Å²) < 4.78 is 26.8. The number of nitrogens with two attached hydrogens (primary N) is 1. The third-order valence-electron chi connectivity index (χ3n) is 5.25. The van der Waals surface area contributed by atoms with Crippen LogP contribution in [0.15, 0.2) is 66.8 Å². The Morgan fingerprint density at radius 1 is 1.05 bits per heavy atom. The number of methoxy groups -OCH3 is 1. The van der Waals surface area contributed by atoms with Crippen molar-refractivity contribution in [1.82, 2.24) is 25.3 Å². The van der Waals surface area contributed by atoms with Crippen molar-refractivity contribution in [2.45, 2.75) is 12.6 Å². The maximum Gasteiger partial charge on any atom is 0.360 e. The molecule has 4 heterocycles.